The molecule has 1 aliphatic heterocycles. The van der Waals surface area contributed by atoms with Gasteiger partial charge in [-0.25, -0.2) is 8.42 Å². The van der Waals surface area contributed by atoms with Crippen LogP contribution in [0.4, 0.5) is 5.69 Å². The van der Waals surface area contributed by atoms with E-state index in [4.69, 9.17) is 10.8 Å². The molecule has 0 unspecified atom stereocenters. The maximum absolute atomic E-state index is 12.2. The third kappa shape index (κ3) is 2.37. The number of aliphatic hydroxyl groups excluding tert-OH is 1. The molecule has 0 amide bonds. The van der Waals surface area contributed by atoms with Crippen LogP contribution in [0.1, 0.15) is 0 Å². The van der Waals surface area contributed by atoms with Gasteiger partial charge in [-0.15, -0.1) is 0 Å². The first-order valence-corrected chi connectivity index (χ1v) is 7.77. The predicted molar refractivity (Wildman–Crippen MR) is 71.0 cm³/mol. The van der Waals surface area contributed by atoms with E-state index in [-0.39, 0.29) is 18.0 Å². The molecule has 1 heterocycles. The van der Waals surface area contributed by atoms with E-state index in [1.165, 1.54) is 16.4 Å². The Morgan fingerprint density at radius 3 is 2.18 bits per heavy atom. The Labute approximate surface area is 116 Å². The van der Waals surface area contributed by atoms with Crippen molar-refractivity contribution < 1.29 is 13.5 Å². The summed E-state index contributed by atoms with van der Waals surface area (Å²) in [7, 11) is -3.59. The number of aliphatic hydroxyl groups is 1. The Hall–Kier alpha value is -0.150. The quantitative estimate of drug-likeness (QED) is 0.748. The van der Waals surface area contributed by atoms with Crippen LogP contribution in [-0.4, -0.2) is 37.0 Å². The molecule has 5 nitrogen and oxygen atoms in total. The van der Waals surface area contributed by atoms with Crippen LogP contribution < -0.4 is 5.73 Å². The first kappa shape index (κ1) is 13.3. The van der Waals surface area contributed by atoms with E-state index < -0.39 is 16.1 Å². The van der Waals surface area contributed by atoms with E-state index in [1.54, 1.807) is 0 Å². The molecule has 0 radical (unpaired) electrons. The van der Waals surface area contributed by atoms with E-state index in [0.717, 1.165) is 0 Å². The van der Waals surface area contributed by atoms with Crippen molar-refractivity contribution in [3.63, 3.8) is 0 Å². The van der Waals surface area contributed by atoms with Crippen molar-refractivity contribution in [1.82, 2.24) is 4.31 Å². The summed E-state index contributed by atoms with van der Waals surface area (Å²) >= 11 is 6.38. The van der Waals surface area contributed by atoms with E-state index in [9.17, 15) is 8.42 Å². The molecule has 0 spiro atoms. The van der Waals surface area contributed by atoms with Gasteiger partial charge in [-0.3, -0.25) is 0 Å². The average molecular weight is 386 g/mol. The molecule has 0 saturated carbocycles. The SMILES string of the molecule is Nc1cc(Br)c(S(=O)(=O)N2CC(O)C2)c(Br)c1. The molecular weight excluding hydrogens is 376 g/mol. The molecule has 0 atom stereocenters. The van der Waals surface area contributed by atoms with Crippen LogP contribution in [0.15, 0.2) is 26.0 Å². The van der Waals surface area contributed by atoms with Crippen molar-refractivity contribution in [2.24, 2.45) is 0 Å². The fraction of sp³-hybridized carbons (Fsp3) is 0.333. The number of hydrogen-bond donors (Lipinski definition) is 2. The molecule has 1 aromatic carbocycles. The standard InChI is InChI=1S/C9H10Br2N2O3S/c10-7-1-5(12)2-8(11)9(7)17(15,16)13-3-6(14)4-13/h1-2,6,14H,3-4,12H2. The number of nitrogens with two attached hydrogens (primary N) is 1. The zero-order valence-electron chi connectivity index (χ0n) is 8.60. The predicted octanol–water partition coefficient (Wildman–Crippen LogP) is 1.16. The number of β-amino-alcohol motifs (C(OH)–C–C–N with tert-alkyl or cyclic N) is 1. The van der Waals surface area contributed by atoms with Gasteiger partial charge < -0.3 is 10.8 Å². The molecular formula is C9H10Br2N2O3S. The van der Waals surface area contributed by atoms with Crippen LogP contribution >= 0.6 is 31.9 Å². The van der Waals surface area contributed by atoms with Gasteiger partial charge in [-0.2, -0.15) is 4.31 Å². The Kier molecular flexibility index (Phi) is 3.52. The molecule has 0 aromatic heterocycles. The minimum absolute atomic E-state index is 0.131. The molecule has 2 rings (SSSR count). The monoisotopic (exact) mass is 384 g/mol. The lowest BCUT2D eigenvalue weighted by molar-refractivity contribution is 0.0547. The van der Waals surface area contributed by atoms with Crippen molar-refractivity contribution in [2.45, 2.75) is 11.0 Å². The van der Waals surface area contributed by atoms with E-state index in [0.29, 0.717) is 14.6 Å². The summed E-state index contributed by atoms with van der Waals surface area (Å²) < 4.78 is 26.5. The van der Waals surface area contributed by atoms with Crippen molar-refractivity contribution in [2.75, 3.05) is 18.8 Å². The maximum Gasteiger partial charge on any atom is 0.245 e. The van der Waals surface area contributed by atoms with Gasteiger partial charge >= 0.3 is 0 Å². The van der Waals surface area contributed by atoms with Crippen molar-refractivity contribution >= 4 is 47.6 Å². The fourth-order valence-electron chi connectivity index (χ4n) is 1.57. The average Bonchev–Trinajstić information content (AvgIpc) is 2.10. The van der Waals surface area contributed by atoms with Gasteiger partial charge in [0.15, 0.2) is 0 Å². The third-order valence-corrected chi connectivity index (χ3v) is 6.16. The van der Waals surface area contributed by atoms with Gasteiger partial charge in [-0.1, -0.05) is 0 Å². The number of halogens is 2. The first-order chi connectivity index (χ1) is 7.82. The molecule has 3 N–H and O–H groups in total. The Morgan fingerprint density at radius 2 is 1.76 bits per heavy atom. The van der Waals surface area contributed by atoms with Gasteiger partial charge in [0.2, 0.25) is 10.0 Å². The Balaban J connectivity index is 2.47. The zero-order valence-corrected chi connectivity index (χ0v) is 12.6. The van der Waals surface area contributed by atoms with Crippen LogP contribution in [0.5, 0.6) is 0 Å². The number of hydrogen-bond acceptors (Lipinski definition) is 4. The van der Waals surface area contributed by atoms with E-state index in [1.807, 2.05) is 0 Å². The van der Waals surface area contributed by atoms with Crippen LogP contribution in [0.2, 0.25) is 0 Å². The summed E-state index contributed by atoms with van der Waals surface area (Å²) in [5.41, 5.74) is 6.07. The molecule has 1 saturated heterocycles. The Morgan fingerprint density at radius 1 is 1.29 bits per heavy atom. The van der Waals surface area contributed by atoms with E-state index >= 15 is 0 Å². The minimum atomic E-state index is -3.59. The Bertz CT molecular complexity index is 532. The summed E-state index contributed by atoms with van der Waals surface area (Å²) in [6, 6.07) is 3.07. The maximum atomic E-state index is 12.2. The largest absolute Gasteiger partial charge is 0.399 e. The number of rotatable bonds is 2. The third-order valence-electron chi connectivity index (χ3n) is 2.45. The smallest absolute Gasteiger partial charge is 0.245 e. The van der Waals surface area contributed by atoms with Crippen molar-refractivity contribution in [3.8, 4) is 0 Å². The number of anilines is 1. The summed E-state index contributed by atoms with van der Waals surface area (Å²) in [4.78, 5) is 0.138. The molecule has 1 aromatic rings. The highest BCUT2D eigenvalue weighted by atomic mass is 79.9. The molecule has 1 aliphatic rings. The first-order valence-electron chi connectivity index (χ1n) is 4.75. The molecule has 1 fully saturated rings. The van der Waals surface area contributed by atoms with Gasteiger partial charge in [0, 0.05) is 27.7 Å². The molecule has 0 bridgehead atoms. The highest BCUT2D eigenvalue weighted by molar-refractivity contribution is 9.11. The summed E-state index contributed by atoms with van der Waals surface area (Å²) in [6.07, 6.45) is -0.573. The van der Waals surface area contributed by atoms with Gasteiger partial charge in [0.1, 0.15) is 4.90 Å². The van der Waals surface area contributed by atoms with Crippen LogP contribution in [0.25, 0.3) is 0 Å². The normalized spacial score (nSPS) is 18.1. The van der Waals surface area contributed by atoms with Crippen molar-refractivity contribution in [1.29, 1.82) is 0 Å². The zero-order chi connectivity index (χ0) is 12.8. The minimum Gasteiger partial charge on any atom is -0.399 e. The lowest BCUT2D eigenvalue weighted by Gasteiger charge is -2.35. The molecule has 17 heavy (non-hydrogen) atoms. The summed E-state index contributed by atoms with van der Waals surface area (Å²) in [5, 5.41) is 9.16. The second-order valence-corrected chi connectivity index (χ2v) is 7.37. The van der Waals surface area contributed by atoms with Gasteiger partial charge in [0.05, 0.1) is 6.10 Å². The number of benzene rings is 1. The number of nitrogens with zero attached hydrogens (tertiary/aromatic N) is 1. The summed E-state index contributed by atoms with van der Waals surface area (Å²) in [5.74, 6) is 0. The fourth-order valence-corrected chi connectivity index (χ4v) is 5.62. The van der Waals surface area contributed by atoms with Crippen LogP contribution in [-0.2, 0) is 10.0 Å². The number of nitrogen functional groups attached to an aromatic ring is 1. The lowest BCUT2D eigenvalue weighted by Crippen LogP contribution is -2.53. The number of sulfonamides is 1. The highest BCUT2D eigenvalue weighted by Gasteiger charge is 2.37. The topological polar surface area (TPSA) is 83.6 Å². The summed E-state index contributed by atoms with van der Waals surface area (Å²) in [6.45, 7) is 0.261. The van der Waals surface area contributed by atoms with Gasteiger partial charge in [-0.05, 0) is 44.0 Å². The van der Waals surface area contributed by atoms with E-state index in [2.05, 4.69) is 31.9 Å². The van der Waals surface area contributed by atoms with Gasteiger partial charge in [0.25, 0.3) is 0 Å². The molecule has 94 valence electrons. The second-order valence-electron chi connectivity index (χ2n) is 3.79. The van der Waals surface area contributed by atoms with Crippen molar-refractivity contribution in [3.05, 3.63) is 21.1 Å². The molecule has 0 aliphatic carbocycles. The van der Waals surface area contributed by atoms with Crippen LogP contribution in [0.3, 0.4) is 0 Å². The highest BCUT2D eigenvalue weighted by Crippen LogP contribution is 2.35. The molecule has 8 heteroatoms. The lowest BCUT2D eigenvalue weighted by atomic mass is 10.2. The van der Waals surface area contributed by atoms with Crippen LogP contribution in [0, 0.1) is 0 Å². The second kappa shape index (κ2) is 4.51.